The Morgan fingerprint density at radius 3 is 2.00 bits per heavy atom. The quantitative estimate of drug-likeness (QED) is 0.213. The van der Waals surface area contributed by atoms with Crippen LogP contribution in [-0.2, 0) is 19.3 Å². The lowest BCUT2D eigenvalue weighted by molar-refractivity contribution is 0.398. The van der Waals surface area contributed by atoms with Gasteiger partial charge in [0.25, 0.3) is 0 Å². The first kappa shape index (κ1) is 26.8. The van der Waals surface area contributed by atoms with Gasteiger partial charge >= 0.3 is 0 Å². The van der Waals surface area contributed by atoms with E-state index in [0.717, 1.165) is 52.9 Å². The summed E-state index contributed by atoms with van der Waals surface area (Å²) in [5.41, 5.74) is 7.69. The highest BCUT2D eigenvalue weighted by Gasteiger charge is 2.29. The molecule has 0 unspecified atom stereocenters. The molecule has 6 rings (SSSR count). The first-order valence-electron chi connectivity index (χ1n) is 14.8. The number of hydrogen-bond donors (Lipinski definition) is 0. The first-order chi connectivity index (χ1) is 18.7. The average Bonchev–Trinajstić information content (AvgIpc) is 2.81. The van der Waals surface area contributed by atoms with Crippen LogP contribution >= 0.6 is 0 Å². The Balaban J connectivity index is 1.69. The number of para-hydroxylation sites is 1. The number of hydrogen-bond acceptors (Lipinski definition) is 2. The maximum Gasteiger partial charge on any atom is 0.140 e. The zero-order valence-electron chi connectivity index (χ0n) is 25.8. The van der Waals surface area contributed by atoms with E-state index in [1.807, 2.05) is 0 Å². The van der Waals surface area contributed by atoms with Crippen molar-refractivity contribution in [2.75, 3.05) is 0 Å². The lowest BCUT2D eigenvalue weighted by atomic mass is 9.82. The van der Waals surface area contributed by atoms with E-state index in [0.29, 0.717) is 0 Å². The zero-order chi connectivity index (χ0) is 28.6. The van der Waals surface area contributed by atoms with Crippen LogP contribution < -0.4 is 4.74 Å². The van der Waals surface area contributed by atoms with Gasteiger partial charge in [-0.1, -0.05) is 105 Å². The molecular formula is C38H43NO. The Labute approximate surface area is 239 Å². The van der Waals surface area contributed by atoms with Gasteiger partial charge in [-0.25, -0.2) is 4.98 Å². The average molecular weight is 530 g/mol. The minimum absolute atomic E-state index is 0.107. The van der Waals surface area contributed by atoms with Crippen LogP contribution in [0.3, 0.4) is 0 Å². The minimum Gasteiger partial charge on any atom is -0.456 e. The van der Waals surface area contributed by atoms with Crippen molar-refractivity contribution in [3.8, 4) is 22.8 Å². The van der Waals surface area contributed by atoms with E-state index in [9.17, 15) is 0 Å². The fraction of sp³-hybridized carbons (Fsp3) is 0.395. The zero-order valence-corrected chi connectivity index (χ0v) is 25.8. The molecule has 0 saturated carbocycles. The molecule has 206 valence electrons. The molecule has 4 aromatic carbocycles. The summed E-state index contributed by atoms with van der Waals surface area (Å²) in [5, 5.41) is 6.13. The summed E-state index contributed by atoms with van der Waals surface area (Å²) in [6.07, 6.45) is 2.96. The number of aromatic nitrogens is 1. The van der Waals surface area contributed by atoms with Crippen molar-refractivity contribution in [2.24, 2.45) is 16.2 Å². The van der Waals surface area contributed by atoms with Gasteiger partial charge in [0.15, 0.2) is 0 Å². The normalized spacial score (nSPS) is 13.6. The number of fused-ring (bicyclic) bond motifs is 5. The van der Waals surface area contributed by atoms with Crippen LogP contribution in [0.1, 0.15) is 79.0 Å². The third-order valence-electron chi connectivity index (χ3n) is 7.73. The summed E-state index contributed by atoms with van der Waals surface area (Å²) >= 11 is 0. The molecule has 2 heteroatoms. The molecule has 1 aliphatic heterocycles. The molecule has 0 N–H and O–H groups in total. The second kappa shape index (κ2) is 9.06. The fourth-order valence-electron chi connectivity index (χ4n) is 6.44. The lowest BCUT2D eigenvalue weighted by Crippen LogP contribution is -2.13. The smallest absolute Gasteiger partial charge is 0.140 e. The van der Waals surface area contributed by atoms with Crippen molar-refractivity contribution >= 4 is 32.4 Å². The maximum absolute atomic E-state index is 7.01. The molecule has 2 heterocycles. The molecule has 0 fully saturated rings. The summed E-state index contributed by atoms with van der Waals surface area (Å²) < 4.78 is 7.01. The second-order valence-corrected chi connectivity index (χ2v) is 15.6. The molecule has 0 aliphatic carbocycles. The van der Waals surface area contributed by atoms with E-state index in [-0.39, 0.29) is 16.2 Å². The molecule has 0 radical (unpaired) electrons. The Morgan fingerprint density at radius 1 is 0.625 bits per heavy atom. The molecule has 0 amide bonds. The molecule has 0 spiro atoms. The Hall–Kier alpha value is -3.39. The molecule has 1 aliphatic rings. The molecular weight excluding hydrogens is 486 g/mol. The van der Waals surface area contributed by atoms with Gasteiger partial charge in [0.1, 0.15) is 11.5 Å². The van der Waals surface area contributed by atoms with Crippen LogP contribution in [0, 0.1) is 16.2 Å². The van der Waals surface area contributed by atoms with Crippen LogP contribution in [0.5, 0.6) is 11.5 Å². The van der Waals surface area contributed by atoms with Crippen LogP contribution in [0.2, 0.25) is 0 Å². The van der Waals surface area contributed by atoms with Crippen molar-refractivity contribution in [1.82, 2.24) is 4.98 Å². The molecule has 0 atom stereocenters. The predicted molar refractivity (Wildman–Crippen MR) is 172 cm³/mol. The van der Waals surface area contributed by atoms with Gasteiger partial charge in [-0.2, -0.15) is 0 Å². The topological polar surface area (TPSA) is 22.1 Å². The summed E-state index contributed by atoms with van der Waals surface area (Å²) in [7, 11) is 0. The first-order valence-corrected chi connectivity index (χ1v) is 14.8. The Bertz CT molecular complexity index is 1790. The van der Waals surface area contributed by atoms with Gasteiger partial charge in [-0.15, -0.1) is 0 Å². The monoisotopic (exact) mass is 529 g/mol. The van der Waals surface area contributed by atoms with E-state index in [1.54, 1.807) is 0 Å². The van der Waals surface area contributed by atoms with E-state index in [1.165, 1.54) is 38.2 Å². The number of pyridine rings is 1. The molecule has 0 bridgehead atoms. The Morgan fingerprint density at radius 2 is 1.30 bits per heavy atom. The lowest BCUT2D eigenvalue weighted by Gasteiger charge is -2.29. The maximum atomic E-state index is 7.01. The number of nitrogens with zero attached hydrogens (tertiary/aromatic N) is 1. The van der Waals surface area contributed by atoms with Crippen LogP contribution in [-0.4, -0.2) is 4.98 Å². The van der Waals surface area contributed by atoms with Crippen LogP contribution in [0.25, 0.3) is 43.7 Å². The summed E-state index contributed by atoms with van der Waals surface area (Å²) in [5.74, 6) is 1.92. The standard InChI is InChI=1S/C38H43NO/c1-36(2,3)20-23-14-15-26-25(16-23)19-29-34-33-28(27-12-10-11-13-31(27)39-34)17-24(21-37(4,5)6)18-32(33)40-35(29)30(26)22-38(7,8)9/h10-19H,20-22H2,1-9H3. The van der Waals surface area contributed by atoms with Crippen LogP contribution in [0.15, 0.2) is 60.7 Å². The second-order valence-electron chi connectivity index (χ2n) is 15.6. The summed E-state index contributed by atoms with van der Waals surface area (Å²) in [6, 6.07) is 22.6. The number of benzene rings is 4. The van der Waals surface area contributed by atoms with Gasteiger partial charge in [0, 0.05) is 16.5 Å². The van der Waals surface area contributed by atoms with Gasteiger partial charge < -0.3 is 4.74 Å². The number of ether oxygens (including phenoxy) is 1. The van der Waals surface area contributed by atoms with Crippen molar-refractivity contribution in [3.05, 3.63) is 77.4 Å². The Kier molecular flexibility index (Phi) is 6.07. The minimum atomic E-state index is 0.107. The summed E-state index contributed by atoms with van der Waals surface area (Å²) in [6.45, 7) is 20.8. The highest BCUT2D eigenvalue weighted by Crippen LogP contribution is 2.52. The van der Waals surface area contributed by atoms with Gasteiger partial charge in [0.05, 0.1) is 16.6 Å². The predicted octanol–water partition coefficient (Wildman–Crippen LogP) is 11.1. The van der Waals surface area contributed by atoms with E-state index >= 15 is 0 Å². The molecule has 1 aromatic heterocycles. The van der Waals surface area contributed by atoms with Crippen molar-refractivity contribution in [2.45, 2.75) is 81.6 Å². The van der Waals surface area contributed by atoms with E-state index in [2.05, 4.69) is 123 Å². The molecule has 40 heavy (non-hydrogen) atoms. The third-order valence-corrected chi connectivity index (χ3v) is 7.73. The van der Waals surface area contributed by atoms with Crippen molar-refractivity contribution < 1.29 is 4.74 Å². The van der Waals surface area contributed by atoms with Crippen molar-refractivity contribution in [3.63, 3.8) is 0 Å². The van der Waals surface area contributed by atoms with E-state index in [4.69, 9.17) is 9.72 Å². The summed E-state index contributed by atoms with van der Waals surface area (Å²) in [4.78, 5) is 5.33. The van der Waals surface area contributed by atoms with E-state index < -0.39 is 0 Å². The largest absolute Gasteiger partial charge is 0.456 e. The van der Waals surface area contributed by atoms with Gasteiger partial charge in [-0.05, 0) is 81.0 Å². The SMILES string of the molecule is CC(C)(C)Cc1ccc2c(CC(C)(C)C)c3c(cc2c1)-c1nc2ccccc2c2cc(CC(C)(C)C)cc(c12)O3. The molecule has 0 saturated heterocycles. The van der Waals surface area contributed by atoms with Gasteiger partial charge in [0.2, 0.25) is 0 Å². The molecule has 2 nitrogen and oxygen atoms in total. The van der Waals surface area contributed by atoms with Gasteiger partial charge in [-0.3, -0.25) is 0 Å². The third kappa shape index (κ3) is 5.09. The van der Waals surface area contributed by atoms with Crippen molar-refractivity contribution in [1.29, 1.82) is 0 Å². The fourth-order valence-corrected chi connectivity index (χ4v) is 6.44. The number of rotatable bonds is 3. The highest BCUT2D eigenvalue weighted by molar-refractivity contribution is 6.15. The molecule has 5 aromatic rings. The van der Waals surface area contributed by atoms with Crippen LogP contribution in [0.4, 0.5) is 0 Å². The highest BCUT2D eigenvalue weighted by atomic mass is 16.5.